The van der Waals surface area contributed by atoms with Crippen molar-refractivity contribution in [2.75, 3.05) is 0 Å². The van der Waals surface area contributed by atoms with Crippen LogP contribution >= 0.6 is 0 Å². The predicted molar refractivity (Wildman–Crippen MR) is 70.4 cm³/mol. The molecule has 4 rings (SSSR count). The van der Waals surface area contributed by atoms with Gasteiger partial charge in [0, 0.05) is 11.8 Å². The van der Waals surface area contributed by atoms with Gasteiger partial charge in [0.15, 0.2) is 5.82 Å². The van der Waals surface area contributed by atoms with E-state index in [0.29, 0.717) is 11.8 Å². The largest absolute Gasteiger partial charge is 0.263 e. The van der Waals surface area contributed by atoms with Crippen LogP contribution in [0.1, 0.15) is 81.3 Å². The summed E-state index contributed by atoms with van der Waals surface area (Å²) in [6.07, 6.45) is 12.4. The molecule has 0 radical (unpaired) electrons. The van der Waals surface area contributed by atoms with Gasteiger partial charge in [-0.15, -0.1) is 0 Å². The fourth-order valence-electron chi connectivity index (χ4n) is 4.58. The van der Waals surface area contributed by atoms with Crippen LogP contribution in [-0.4, -0.2) is 15.2 Å². The molecule has 1 aromatic heterocycles. The van der Waals surface area contributed by atoms with Gasteiger partial charge < -0.3 is 0 Å². The third-order valence-electron chi connectivity index (χ3n) is 5.58. The molecule has 0 saturated heterocycles. The highest BCUT2D eigenvalue weighted by atomic mass is 15.2. The highest BCUT2D eigenvalue weighted by Gasteiger charge is 2.41. The van der Waals surface area contributed by atoms with Gasteiger partial charge in [-0.05, 0) is 43.9 Å². The van der Waals surface area contributed by atoms with Gasteiger partial charge in [-0.2, -0.15) is 5.10 Å². The molecule has 18 heavy (non-hydrogen) atoms. The molecule has 3 nitrogen and oxygen atoms in total. The SMILES string of the molecule is C1CCC(c2n[nH]c(C3CC4CCC3C4)n2)CC1. The standard InChI is InChI=1S/C15H23N3/c1-2-4-11(5-3-1)14-16-15(18-17-14)13-9-10-6-7-12(13)8-10/h10-13H,1-9H2,(H,16,17,18). The third kappa shape index (κ3) is 1.79. The Kier molecular flexibility index (Phi) is 2.66. The number of hydrogen-bond acceptors (Lipinski definition) is 2. The third-order valence-corrected chi connectivity index (χ3v) is 5.58. The van der Waals surface area contributed by atoms with Crippen LogP contribution in [0.25, 0.3) is 0 Å². The van der Waals surface area contributed by atoms with E-state index in [1.165, 1.54) is 63.6 Å². The highest BCUT2D eigenvalue weighted by Crippen LogP contribution is 2.52. The van der Waals surface area contributed by atoms with E-state index in [4.69, 9.17) is 4.98 Å². The second-order valence-electron chi connectivity index (χ2n) is 6.70. The van der Waals surface area contributed by atoms with Crippen LogP contribution < -0.4 is 0 Å². The minimum atomic E-state index is 0.641. The van der Waals surface area contributed by atoms with Gasteiger partial charge in [0.25, 0.3) is 0 Å². The molecule has 1 aromatic rings. The van der Waals surface area contributed by atoms with Gasteiger partial charge in [-0.1, -0.05) is 25.7 Å². The molecule has 3 fully saturated rings. The Balaban J connectivity index is 1.51. The summed E-state index contributed by atoms with van der Waals surface area (Å²) in [6, 6.07) is 0. The summed E-state index contributed by atoms with van der Waals surface area (Å²) < 4.78 is 0. The molecule has 3 aliphatic rings. The van der Waals surface area contributed by atoms with Gasteiger partial charge in [0.1, 0.15) is 5.82 Å². The van der Waals surface area contributed by atoms with Crippen LogP contribution in [0.3, 0.4) is 0 Å². The Morgan fingerprint density at radius 2 is 1.83 bits per heavy atom. The van der Waals surface area contributed by atoms with Crippen molar-refractivity contribution in [3.05, 3.63) is 11.6 Å². The molecule has 3 aliphatic carbocycles. The minimum Gasteiger partial charge on any atom is -0.263 e. The smallest absolute Gasteiger partial charge is 0.153 e. The van der Waals surface area contributed by atoms with Crippen molar-refractivity contribution >= 4 is 0 Å². The van der Waals surface area contributed by atoms with Gasteiger partial charge in [-0.3, -0.25) is 5.10 Å². The predicted octanol–water partition coefficient (Wildman–Crippen LogP) is 3.76. The molecule has 0 aliphatic heterocycles. The Morgan fingerprint density at radius 3 is 2.56 bits per heavy atom. The van der Waals surface area contributed by atoms with Crippen molar-refractivity contribution < 1.29 is 0 Å². The number of rotatable bonds is 2. The fraction of sp³-hybridized carbons (Fsp3) is 0.867. The lowest BCUT2D eigenvalue weighted by Gasteiger charge is -2.19. The number of H-pyrrole nitrogens is 1. The lowest BCUT2D eigenvalue weighted by molar-refractivity contribution is 0.404. The van der Waals surface area contributed by atoms with E-state index < -0.39 is 0 Å². The molecule has 1 N–H and O–H groups in total. The van der Waals surface area contributed by atoms with Crippen molar-refractivity contribution in [2.24, 2.45) is 11.8 Å². The number of fused-ring (bicyclic) bond motifs is 2. The first-order chi connectivity index (χ1) is 8.90. The fourth-order valence-corrected chi connectivity index (χ4v) is 4.58. The Morgan fingerprint density at radius 1 is 0.944 bits per heavy atom. The lowest BCUT2D eigenvalue weighted by atomic mass is 9.87. The van der Waals surface area contributed by atoms with Crippen LogP contribution in [0.4, 0.5) is 0 Å². The lowest BCUT2D eigenvalue weighted by Crippen LogP contribution is -2.10. The van der Waals surface area contributed by atoms with E-state index in [1.54, 1.807) is 0 Å². The molecule has 98 valence electrons. The van der Waals surface area contributed by atoms with Crippen LogP contribution in [-0.2, 0) is 0 Å². The summed E-state index contributed by atoms with van der Waals surface area (Å²) in [7, 11) is 0. The Bertz CT molecular complexity index is 419. The first kappa shape index (κ1) is 11.0. The first-order valence-electron chi connectivity index (χ1n) is 7.82. The van der Waals surface area contributed by atoms with Gasteiger partial charge in [0.05, 0.1) is 0 Å². The second kappa shape index (κ2) is 4.36. The number of nitrogens with one attached hydrogen (secondary N) is 1. The molecule has 1 heterocycles. The van der Waals surface area contributed by atoms with E-state index in [0.717, 1.165) is 17.7 Å². The molecular formula is C15H23N3. The van der Waals surface area contributed by atoms with Gasteiger partial charge >= 0.3 is 0 Å². The second-order valence-corrected chi connectivity index (χ2v) is 6.70. The van der Waals surface area contributed by atoms with Crippen molar-refractivity contribution in [1.82, 2.24) is 15.2 Å². The molecule has 3 unspecified atom stereocenters. The number of aromatic amines is 1. The monoisotopic (exact) mass is 245 g/mol. The average Bonchev–Trinajstić information content (AvgIpc) is 3.15. The van der Waals surface area contributed by atoms with Crippen molar-refractivity contribution in [3.63, 3.8) is 0 Å². The maximum atomic E-state index is 4.87. The maximum Gasteiger partial charge on any atom is 0.153 e. The number of hydrogen-bond donors (Lipinski definition) is 1. The molecule has 0 spiro atoms. The molecule has 0 aromatic carbocycles. The first-order valence-corrected chi connectivity index (χ1v) is 7.82. The Labute approximate surface area is 109 Å². The van der Waals surface area contributed by atoms with E-state index in [-0.39, 0.29) is 0 Å². The van der Waals surface area contributed by atoms with Gasteiger partial charge in [0.2, 0.25) is 0 Å². The zero-order chi connectivity index (χ0) is 11.9. The summed E-state index contributed by atoms with van der Waals surface area (Å²) in [6.45, 7) is 0. The zero-order valence-corrected chi connectivity index (χ0v) is 11.1. The van der Waals surface area contributed by atoms with E-state index in [9.17, 15) is 0 Å². The summed E-state index contributed by atoms with van der Waals surface area (Å²) in [5.41, 5.74) is 0. The maximum absolute atomic E-state index is 4.87. The van der Waals surface area contributed by atoms with Crippen molar-refractivity contribution in [3.8, 4) is 0 Å². The van der Waals surface area contributed by atoms with Gasteiger partial charge in [-0.25, -0.2) is 4.98 Å². The van der Waals surface area contributed by atoms with Crippen molar-refractivity contribution in [2.45, 2.75) is 69.6 Å². The summed E-state index contributed by atoms with van der Waals surface area (Å²) >= 11 is 0. The van der Waals surface area contributed by atoms with Crippen LogP contribution in [0.5, 0.6) is 0 Å². The van der Waals surface area contributed by atoms with Crippen LogP contribution in [0.2, 0.25) is 0 Å². The van der Waals surface area contributed by atoms with E-state index in [2.05, 4.69) is 10.2 Å². The van der Waals surface area contributed by atoms with E-state index >= 15 is 0 Å². The molecule has 3 saturated carbocycles. The quantitative estimate of drug-likeness (QED) is 0.862. The van der Waals surface area contributed by atoms with Crippen LogP contribution in [0, 0.1) is 11.8 Å². The summed E-state index contributed by atoms with van der Waals surface area (Å²) in [5.74, 6) is 5.57. The number of nitrogens with zero attached hydrogens (tertiary/aromatic N) is 2. The molecule has 0 amide bonds. The number of aromatic nitrogens is 3. The average molecular weight is 245 g/mol. The molecule has 3 heteroatoms. The molecular weight excluding hydrogens is 222 g/mol. The zero-order valence-electron chi connectivity index (χ0n) is 11.1. The Hall–Kier alpha value is -0.860. The topological polar surface area (TPSA) is 41.6 Å². The van der Waals surface area contributed by atoms with E-state index in [1.807, 2.05) is 0 Å². The summed E-state index contributed by atoms with van der Waals surface area (Å²) in [4.78, 5) is 4.87. The normalized spacial score (nSPS) is 36.3. The van der Waals surface area contributed by atoms with Crippen molar-refractivity contribution in [1.29, 1.82) is 0 Å². The molecule has 3 atom stereocenters. The summed E-state index contributed by atoms with van der Waals surface area (Å²) in [5, 5.41) is 7.80. The molecule has 2 bridgehead atoms. The minimum absolute atomic E-state index is 0.641. The van der Waals surface area contributed by atoms with Crippen LogP contribution in [0.15, 0.2) is 0 Å². The highest BCUT2D eigenvalue weighted by molar-refractivity contribution is 5.09.